The van der Waals surface area contributed by atoms with Crippen LogP contribution in [0.25, 0.3) is 0 Å². The summed E-state index contributed by atoms with van der Waals surface area (Å²) in [7, 11) is 1.70. The van der Waals surface area contributed by atoms with E-state index < -0.39 is 0 Å². The first-order chi connectivity index (χ1) is 14.3. The molecule has 29 heavy (non-hydrogen) atoms. The monoisotopic (exact) mass is 391 g/mol. The molecule has 0 amide bonds. The SMILES string of the molecule is COc1ccc(CN(Cc2cncn2Cc2ccccc2)C[C@H]2CCCO2)cc1. The van der Waals surface area contributed by atoms with Crippen LogP contribution >= 0.6 is 0 Å². The van der Waals surface area contributed by atoms with Gasteiger partial charge in [-0.25, -0.2) is 4.98 Å². The summed E-state index contributed by atoms with van der Waals surface area (Å²) in [6.45, 7) is 4.38. The summed E-state index contributed by atoms with van der Waals surface area (Å²) in [4.78, 5) is 6.89. The third kappa shape index (κ3) is 5.46. The van der Waals surface area contributed by atoms with Crippen LogP contribution in [0.4, 0.5) is 0 Å². The van der Waals surface area contributed by atoms with E-state index in [9.17, 15) is 0 Å². The summed E-state index contributed by atoms with van der Waals surface area (Å²) in [5.41, 5.74) is 3.78. The maximum absolute atomic E-state index is 5.92. The Morgan fingerprint density at radius 2 is 1.90 bits per heavy atom. The zero-order valence-electron chi connectivity index (χ0n) is 17.0. The third-order valence-electron chi connectivity index (χ3n) is 5.43. The van der Waals surface area contributed by atoms with Crippen LogP contribution < -0.4 is 4.74 Å². The van der Waals surface area contributed by atoms with Crippen molar-refractivity contribution in [2.45, 2.75) is 38.6 Å². The lowest BCUT2D eigenvalue weighted by Crippen LogP contribution is -2.32. The second-order valence-corrected chi connectivity index (χ2v) is 7.65. The average molecular weight is 392 g/mol. The number of aromatic nitrogens is 2. The summed E-state index contributed by atoms with van der Waals surface area (Å²) in [5, 5.41) is 0. The van der Waals surface area contributed by atoms with Crippen molar-refractivity contribution in [3.05, 3.63) is 83.9 Å². The van der Waals surface area contributed by atoms with Crippen molar-refractivity contribution >= 4 is 0 Å². The second kappa shape index (κ2) is 9.72. The summed E-state index contributed by atoms with van der Waals surface area (Å²) < 4.78 is 13.5. The molecule has 0 saturated carbocycles. The lowest BCUT2D eigenvalue weighted by molar-refractivity contribution is 0.0671. The number of ether oxygens (including phenoxy) is 2. The van der Waals surface area contributed by atoms with E-state index in [0.717, 1.165) is 51.4 Å². The lowest BCUT2D eigenvalue weighted by Gasteiger charge is -2.26. The highest BCUT2D eigenvalue weighted by atomic mass is 16.5. The van der Waals surface area contributed by atoms with Gasteiger partial charge in [0.15, 0.2) is 0 Å². The zero-order chi connectivity index (χ0) is 19.9. The van der Waals surface area contributed by atoms with Crippen molar-refractivity contribution in [3.8, 4) is 5.75 Å². The molecular weight excluding hydrogens is 362 g/mol. The summed E-state index contributed by atoms with van der Waals surface area (Å²) in [6.07, 6.45) is 6.54. The van der Waals surface area contributed by atoms with Gasteiger partial charge in [-0.2, -0.15) is 0 Å². The summed E-state index contributed by atoms with van der Waals surface area (Å²) in [5.74, 6) is 0.889. The van der Waals surface area contributed by atoms with Crippen molar-refractivity contribution < 1.29 is 9.47 Å². The zero-order valence-corrected chi connectivity index (χ0v) is 17.0. The van der Waals surface area contributed by atoms with Gasteiger partial charge in [-0.1, -0.05) is 42.5 Å². The molecule has 0 aliphatic carbocycles. The van der Waals surface area contributed by atoms with Crippen LogP contribution in [0.2, 0.25) is 0 Å². The molecule has 1 saturated heterocycles. The molecule has 1 atom stereocenters. The Labute approximate surface area is 172 Å². The van der Waals surface area contributed by atoms with Crippen molar-refractivity contribution in [2.75, 3.05) is 20.3 Å². The fraction of sp³-hybridized carbons (Fsp3) is 0.375. The molecule has 2 heterocycles. The third-order valence-corrected chi connectivity index (χ3v) is 5.43. The van der Waals surface area contributed by atoms with Gasteiger partial charge in [0.05, 0.1) is 25.2 Å². The van der Waals surface area contributed by atoms with Gasteiger partial charge in [-0.3, -0.25) is 4.90 Å². The Morgan fingerprint density at radius 3 is 2.62 bits per heavy atom. The van der Waals surface area contributed by atoms with Crippen molar-refractivity contribution in [1.82, 2.24) is 14.5 Å². The molecule has 5 nitrogen and oxygen atoms in total. The van der Waals surface area contributed by atoms with Gasteiger partial charge < -0.3 is 14.0 Å². The van der Waals surface area contributed by atoms with Crippen LogP contribution in [-0.4, -0.2) is 40.8 Å². The number of benzene rings is 2. The highest BCUT2D eigenvalue weighted by Gasteiger charge is 2.20. The Balaban J connectivity index is 1.48. The largest absolute Gasteiger partial charge is 0.497 e. The first kappa shape index (κ1) is 19.7. The fourth-order valence-corrected chi connectivity index (χ4v) is 3.88. The highest BCUT2D eigenvalue weighted by molar-refractivity contribution is 5.27. The van der Waals surface area contributed by atoms with E-state index in [1.165, 1.54) is 16.8 Å². The van der Waals surface area contributed by atoms with E-state index >= 15 is 0 Å². The van der Waals surface area contributed by atoms with E-state index in [0.29, 0.717) is 6.10 Å². The Hall–Kier alpha value is -2.63. The fourth-order valence-electron chi connectivity index (χ4n) is 3.88. The van der Waals surface area contributed by atoms with Gasteiger partial charge in [-0.05, 0) is 36.1 Å². The van der Waals surface area contributed by atoms with E-state index in [1.54, 1.807) is 7.11 Å². The number of hydrogen-bond acceptors (Lipinski definition) is 4. The standard InChI is InChI=1S/C24H29N3O2/c1-28-23-11-9-21(10-12-23)15-26(18-24-8-5-13-29-24)17-22-14-25-19-27(22)16-20-6-3-2-4-7-20/h2-4,6-7,9-12,14,19,24H,5,8,13,15-18H2,1H3/t24-/m1/s1. The van der Waals surface area contributed by atoms with Crippen LogP contribution in [0.5, 0.6) is 5.75 Å². The molecule has 1 aromatic heterocycles. The normalized spacial score (nSPS) is 16.4. The molecule has 3 aromatic rings. The van der Waals surface area contributed by atoms with Gasteiger partial charge in [0.25, 0.3) is 0 Å². The van der Waals surface area contributed by atoms with E-state index in [-0.39, 0.29) is 0 Å². The van der Waals surface area contributed by atoms with Gasteiger partial charge >= 0.3 is 0 Å². The first-order valence-corrected chi connectivity index (χ1v) is 10.3. The molecule has 5 heteroatoms. The molecule has 1 fully saturated rings. The van der Waals surface area contributed by atoms with Crippen molar-refractivity contribution in [3.63, 3.8) is 0 Å². The van der Waals surface area contributed by atoms with E-state index in [4.69, 9.17) is 9.47 Å². The molecule has 2 aromatic carbocycles. The molecule has 4 rings (SSSR count). The van der Waals surface area contributed by atoms with Crippen molar-refractivity contribution in [1.29, 1.82) is 0 Å². The molecule has 152 valence electrons. The minimum Gasteiger partial charge on any atom is -0.497 e. The van der Waals surface area contributed by atoms with E-state index in [1.807, 2.05) is 24.7 Å². The topological polar surface area (TPSA) is 39.5 Å². The van der Waals surface area contributed by atoms with E-state index in [2.05, 4.69) is 56.9 Å². The number of methoxy groups -OCH3 is 1. The maximum atomic E-state index is 5.92. The van der Waals surface area contributed by atoms with Crippen LogP contribution in [0.3, 0.4) is 0 Å². The number of nitrogens with zero attached hydrogens (tertiary/aromatic N) is 3. The molecule has 0 unspecified atom stereocenters. The highest BCUT2D eigenvalue weighted by Crippen LogP contribution is 2.19. The minimum atomic E-state index is 0.318. The molecule has 1 aliphatic rings. The van der Waals surface area contributed by atoms with Gasteiger partial charge in [0.2, 0.25) is 0 Å². The Morgan fingerprint density at radius 1 is 1.07 bits per heavy atom. The Bertz CT molecular complexity index is 871. The number of rotatable bonds is 9. The summed E-state index contributed by atoms with van der Waals surface area (Å²) in [6, 6.07) is 18.9. The van der Waals surface area contributed by atoms with Gasteiger partial charge in [0, 0.05) is 39.0 Å². The smallest absolute Gasteiger partial charge is 0.118 e. The molecular formula is C24H29N3O2. The number of imidazole rings is 1. The molecule has 0 spiro atoms. The molecule has 0 N–H and O–H groups in total. The minimum absolute atomic E-state index is 0.318. The van der Waals surface area contributed by atoms with Crippen LogP contribution in [0.15, 0.2) is 67.1 Å². The Kier molecular flexibility index (Phi) is 6.60. The lowest BCUT2D eigenvalue weighted by atomic mass is 10.1. The quantitative estimate of drug-likeness (QED) is 0.550. The summed E-state index contributed by atoms with van der Waals surface area (Å²) >= 11 is 0. The predicted molar refractivity (Wildman–Crippen MR) is 114 cm³/mol. The van der Waals surface area contributed by atoms with Crippen LogP contribution in [0.1, 0.15) is 29.7 Å². The van der Waals surface area contributed by atoms with Crippen LogP contribution in [0, 0.1) is 0 Å². The molecule has 1 aliphatic heterocycles. The second-order valence-electron chi connectivity index (χ2n) is 7.65. The molecule has 0 radical (unpaired) electrons. The maximum Gasteiger partial charge on any atom is 0.118 e. The predicted octanol–water partition coefficient (Wildman–Crippen LogP) is 4.12. The van der Waals surface area contributed by atoms with Gasteiger partial charge in [0.1, 0.15) is 5.75 Å². The van der Waals surface area contributed by atoms with Crippen LogP contribution in [-0.2, 0) is 24.4 Å². The van der Waals surface area contributed by atoms with Crippen molar-refractivity contribution in [2.24, 2.45) is 0 Å². The first-order valence-electron chi connectivity index (χ1n) is 10.3. The molecule has 0 bridgehead atoms. The van der Waals surface area contributed by atoms with Gasteiger partial charge in [-0.15, -0.1) is 0 Å². The number of hydrogen-bond donors (Lipinski definition) is 0. The average Bonchev–Trinajstić information content (AvgIpc) is 3.42.